The van der Waals surface area contributed by atoms with Gasteiger partial charge in [0.2, 0.25) is 5.91 Å². The predicted molar refractivity (Wildman–Crippen MR) is 145 cm³/mol. The van der Waals surface area contributed by atoms with E-state index in [-0.39, 0.29) is 24.4 Å². The average Bonchev–Trinajstić information content (AvgIpc) is 3.18. The Morgan fingerprint density at radius 3 is 2.30 bits per heavy atom. The Hall–Kier alpha value is -3.65. The Kier molecular flexibility index (Phi) is 8.61. The first-order chi connectivity index (χ1) is 17.9. The fourth-order valence-corrected chi connectivity index (χ4v) is 4.42. The van der Waals surface area contributed by atoms with Gasteiger partial charge < -0.3 is 19.4 Å². The summed E-state index contributed by atoms with van der Waals surface area (Å²) in [5.74, 6) is 1.35. The van der Waals surface area contributed by atoms with E-state index in [9.17, 15) is 9.59 Å². The number of ether oxygens (including phenoxy) is 1. The molecule has 0 bridgehead atoms. The molecule has 9 heteroatoms. The fraction of sp³-hybridized carbons (Fsp3) is 0.357. The van der Waals surface area contributed by atoms with Crippen LogP contribution in [0.1, 0.15) is 30.6 Å². The minimum Gasteiger partial charge on any atom is -0.497 e. The molecule has 8 nitrogen and oxygen atoms in total. The highest BCUT2D eigenvalue weighted by atomic mass is 35.5. The average molecular weight is 522 g/mol. The van der Waals surface area contributed by atoms with Crippen molar-refractivity contribution in [1.29, 1.82) is 0 Å². The first-order valence-electron chi connectivity index (χ1n) is 12.4. The molecular weight excluding hydrogens is 490 g/mol. The highest BCUT2D eigenvalue weighted by molar-refractivity contribution is 6.30. The lowest BCUT2D eigenvalue weighted by Crippen LogP contribution is -2.46. The standard InChI is InChI=1S/C28H32ClN5O3/c1-20(2)34(28(36)22-5-9-23(29)10-6-22)19-27(35)33-16-4-15-32(17-18-33)26-14-13-25(30-31-26)21-7-11-24(37-3)12-8-21/h5-14,20H,4,15-19H2,1-3H3. The second-order valence-electron chi connectivity index (χ2n) is 9.26. The zero-order valence-corrected chi connectivity index (χ0v) is 22.2. The summed E-state index contributed by atoms with van der Waals surface area (Å²) in [6.07, 6.45) is 0.806. The molecule has 0 atom stereocenters. The van der Waals surface area contributed by atoms with Crippen molar-refractivity contribution in [3.63, 3.8) is 0 Å². The zero-order chi connectivity index (χ0) is 26.4. The fourth-order valence-electron chi connectivity index (χ4n) is 4.30. The van der Waals surface area contributed by atoms with Crippen LogP contribution in [-0.2, 0) is 4.79 Å². The molecule has 4 rings (SSSR count). The van der Waals surface area contributed by atoms with Gasteiger partial charge in [-0.05, 0) is 80.9 Å². The van der Waals surface area contributed by atoms with Gasteiger partial charge in [-0.1, -0.05) is 11.6 Å². The maximum Gasteiger partial charge on any atom is 0.254 e. The summed E-state index contributed by atoms with van der Waals surface area (Å²) < 4.78 is 5.21. The van der Waals surface area contributed by atoms with Crippen LogP contribution in [0, 0.1) is 0 Å². The second kappa shape index (κ2) is 12.1. The van der Waals surface area contributed by atoms with E-state index in [2.05, 4.69) is 15.1 Å². The quantitative estimate of drug-likeness (QED) is 0.458. The van der Waals surface area contributed by atoms with Crippen LogP contribution in [0.3, 0.4) is 0 Å². The second-order valence-corrected chi connectivity index (χ2v) is 9.70. The van der Waals surface area contributed by atoms with Crippen molar-refractivity contribution >= 4 is 29.2 Å². The van der Waals surface area contributed by atoms with Gasteiger partial charge >= 0.3 is 0 Å². The van der Waals surface area contributed by atoms with Gasteiger partial charge in [0.25, 0.3) is 5.91 Å². The van der Waals surface area contributed by atoms with E-state index >= 15 is 0 Å². The number of carbonyl (C=O) groups is 2. The number of amides is 2. The number of benzene rings is 2. The molecule has 194 valence electrons. The van der Waals surface area contributed by atoms with Crippen LogP contribution in [-0.4, -0.2) is 77.7 Å². The van der Waals surface area contributed by atoms with Crippen LogP contribution < -0.4 is 9.64 Å². The molecule has 1 aliphatic heterocycles. The molecule has 0 radical (unpaired) electrons. The molecule has 1 aromatic heterocycles. The van der Waals surface area contributed by atoms with Crippen molar-refractivity contribution in [2.24, 2.45) is 0 Å². The molecule has 37 heavy (non-hydrogen) atoms. The number of nitrogens with zero attached hydrogens (tertiary/aromatic N) is 5. The maximum atomic E-state index is 13.2. The van der Waals surface area contributed by atoms with Crippen molar-refractivity contribution in [2.45, 2.75) is 26.3 Å². The molecule has 2 amide bonds. The van der Waals surface area contributed by atoms with Crippen LogP contribution in [0.25, 0.3) is 11.3 Å². The number of aromatic nitrogens is 2. The number of halogens is 1. The zero-order valence-electron chi connectivity index (χ0n) is 21.4. The molecular formula is C28H32ClN5O3. The molecule has 1 fully saturated rings. The van der Waals surface area contributed by atoms with E-state index in [0.717, 1.165) is 35.8 Å². The Morgan fingerprint density at radius 2 is 1.68 bits per heavy atom. The maximum absolute atomic E-state index is 13.2. The smallest absolute Gasteiger partial charge is 0.254 e. The summed E-state index contributed by atoms with van der Waals surface area (Å²) in [6, 6.07) is 18.3. The first kappa shape index (κ1) is 26.4. The third-order valence-corrected chi connectivity index (χ3v) is 6.74. The van der Waals surface area contributed by atoms with Gasteiger partial charge in [0, 0.05) is 48.4 Å². The molecule has 3 aromatic rings. The van der Waals surface area contributed by atoms with Gasteiger partial charge in [-0.25, -0.2) is 0 Å². The lowest BCUT2D eigenvalue weighted by atomic mass is 10.1. The van der Waals surface area contributed by atoms with Crippen molar-refractivity contribution < 1.29 is 14.3 Å². The van der Waals surface area contributed by atoms with Crippen LogP contribution in [0.15, 0.2) is 60.7 Å². The molecule has 0 aliphatic carbocycles. The van der Waals surface area contributed by atoms with Crippen LogP contribution in [0.4, 0.5) is 5.82 Å². The molecule has 1 aliphatic rings. The van der Waals surface area contributed by atoms with Gasteiger partial charge in [-0.15, -0.1) is 10.2 Å². The number of anilines is 1. The predicted octanol–water partition coefficient (Wildman–Crippen LogP) is 4.40. The number of rotatable bonds is 7. The highest BCUT2D eigenvalue weighted by Gasteiger charge is 2.26. The Bertz CT molecular complexity index is 1200. The van der Waals surface area contributed by atoms with Crippen LogP contribution in [0.5, 0.6) is 5.75 Å². The SMILES string of the molecule is COc1ccc(-c2ccc(N3CCCN(C(=O)CN(C(=O)c4ccc(Cl)cc4)C(C)C)CC3)nn2)cc1. The minimum atomic E-state index is -0.177. The molecule has 0 spiro atoms. The van der Waals surface area contributed by atoms with Gasteiger partial charge in [0.05, 0.1) is 12.8 Å². The molecule has 2 aromatic carbocycles. The molecule has 1 saturated heterocycles. The highest BCUT2D eigenvalue weighted by Crippen LogP contribution is 2.22. The molecule has 2 heterocycles. The topological polar surface area (TPSA) is 78.9 Å². The number of hydrogen-bond acceptors (Lipinski definition) is 6. The largest absolute Gasteiger partial charge is 0.497 e. The molecule has 0 saturated carbocycles. The number of hydrogen-bond donors (Lipinski definition) is 0. The first-order valence-corrected chi connectivity index (χ1v) is 12.8. The Morgan fingerprint density at radius 1 is 0.946 bits per heavy atom. The lowest BCUT2D eigenvalue weighted by molar-refractivity contribution is -0.132. The Balaban J connectivity index is 1.37. The van der Waals surface area contributed by atoms with Crippen molar-refractivity contribution in [1.82, 2.24) is 20.0 Å². The minimum absolute atomic E-state index is 0.0372. The van der Waals surface area contributed by atoms with Gasteiger partial charge in [-0.2, -0.15) is 0 Å². The normalized spacial score (nSPS) is 13.9. The van der Waals surface area contributed by atoms with E-state index in [1.807, 2.05) is 55.1 Å². The van der Waals surface area contributed by atoms with E-state index in [1.54, 1.807) is 36.3 Å². The monoisotopic (exact) mass is 521 g/mol. The van der Waals surface area contributed by atoms with Gasteiger partial charge in [0.15, 0.2) is 5.82 Å². The van der Waals surface area contributed by atoms with Crippen molar-refractivity contribution in [3.05, 3.63) is 71.2 Å². The summed E-state index contributed by atoms with van der Waals surface area (Å²) in [6.45, 7) is 6.48. The van der Waals surface area contributed by atoms with Gasteiger partial charge in [0.1, 0.15) is 12.3 Å². The molecule has 0 N–H and O–H groups in total. The Labute approximate surface area is 222 Å². The summed E-state index contributed by atoms with van der Waals surface area (Å²) in [4.78, 5) is 31.9. The molecule has 0 unspecified atom stereocenters. The van der Waals surface area contributed by atoms with Crippen LogP contribution in [0.2, 0.25) is 5.02 Å². The summed E-state index contributed by atoms with van der Waals surface area (Å²) in [5.41, 5.74) is 2.28. The number of carbonyl (C=O) groups excluding carboxylic acids is 2. The van der Waals surface area contributed by atoms with Crippen molar-refractivity contribution in [2.75, 3.05) is 44.7 Å². The van der Waals surface area contributed by atoms with E-state index < -0.39 is 0 Å². The van der Waals surface area contributed by atoms with E-state index in [0.29, 0.717) is 30.2 Å². The van der Waals surface area contributed by atoms with E-state index in [1.165, 1.54) is 0 Å². The lowest BCUT2D eigenvalue weighted by Gasteiger charge is -2.29. The summed E-state index contributed by atoms with van der Waals surface area (Å²) in [7, 11) is 1.64. The summed E-state index contributed by atoms with van der Waals surface area (Å²) in [5, 5.41) is 9.43. The third kappa shape index (κ3) is 6.57. The van der Waals surface area contributed by atoms with Crippen molar-refractivity contribution in [3.8, 4) is 17.0 Å². The summed E-state index contributed by atoms with van der Waals surface area (Å²) >= 11 is 5.96. The third-order valence-electron chi connectivity index (χ3n) is 6.49. The van der Waals surface area contributed by atoms with Crippen LogP contribution >= 0.6 is 11.6 Å². The number of methoxy groups -OCH3 is 1. The van der Waals surface area contributed by atoms with E-state index in [4.69, 9.17) is 16.3 Å². The van der Waals surface area contributed by atoms with Gasteiger partial charge in [-0.3, -0.25) is 9.59 Å².